The molecule has 2 fully saturated rings. The molecule has 1 aromatic carbocycles. The molecule has 1 aliphatic carbocycles. The Kier molecular flexibility index (Phi) is 3.18. The summed E-state index contributed by atoms with van der Waals surface area (Å²) in [4.78, 5) is 0. The number of benzene rings is 1. The predicted octanol–water partition coefficient (Wildman–Crippen LogP) is 3.59. The van der Waals surface area contributed by atoms with Crippen molar-refractivity contribution in [2.24, 2.45) is 0 Å². The third-order valence-electron chi connectivity index (χ3n) is 4.99. The molecule has 0 unspecified atom stereocenters. The van der Waals surface area contributed by atoms with E-state index in [9.17, 15) is 0 Å². The standard InChI is InChI=1S/C18H22O3/c1-17(20-12-14-7-3-2-4-8-14)11-16-18(21-17)10-6-5-9-15(18)13-19-16/h2-4,7-9,16H,5-6,10-13H2,1H3/t16-,17+,18-/m0/s1. The number of hydrogen-bond donors (Lipinski definition) is 0. The highest BCUT2D eigenvalue weighted by molar-refractivity contribution is 5.30. The summed E-state index contributed by atoms with van der Waals surface area (Å²) in [6.07, 6.45) is 6.68. The lowest BCUT2D eigenvalue weighted by Crippen LogP contribution is -2.40. The Morgan fingerprint density at radius 1 is 1.29 bits per heavy atom. The molecule has 2 saturated heterocycles. The van der Waals surface area contributed by atoms with Crippen molar-refractivity contribution in [2.75, 3.05) is 6.61 Å². The smallest absolute Gasteiger partial charge is 0.169 e. The fraction of sp³-hybridized carbons (Fsp3) is 0.556. The summed E-state index contributed by atoms with van der Waals surface area (Å²) in [5.41, 5.74) is 2.31. The minimum Gasteiger partial charge on any atom is -0.370 e. The van der Waals surface area contributed by atoms with Crippen molar-refractivity contribution < 1.29 is 14.2 Å². The van der Waals surface area contributed by atoms with Crippen molar-refractivity contribution in [3.63, 3.8) is 0 Å². The number of allylic oxidation sites excluding steroid dienone is 1. The van der Waals surface area contributed by atoms with Crippen LogP contribution in [0.2, 0.25) is 0 Å². The van der Waals surface area contributed by atoms with E-state index in [1.807, 2.05) is 18.2 Å². The molecule has 1 spiro atoms. The monoisotopic (exact) mass is 286 g/mol. The van der Waals surface area contributed by atoms with Gasteiger partial charge >= 0.3 is 0 Å². The van der Waals surface area contributed by atoms with Crippen molar-refractivity contribution in [3.05, 3.63) is 47.5 Å². The van der Waals surface area contributed by atoms with Crippen LogP contribution in [0.1, 0.15) is 38.2 Å². The van der Waals surface area contributed by atoms with E-state index >= 15 is 0 Å². The number of hydrogen-bond acceptors (Lipinski definition) is 3. The second kappa shape index (κ2) is 4.94. The Morgan fingerprint density at radius 2 is 2.14 bits per heavy atom. The van der Waals surface area contributed by atoms with Crippen LogP contribution in [0.25, 0.3) is 0 Å². The molecular weight excluding hydrogens is 264 g/mol. The summed E-state index contributed by atoms with van der Waals surface area (Å²) in [7, 11) is 0. The van der Waals surface area contributed by atoms with Crippen molar-refractivity contribution in [1.29, 1.82) is 0 Å². The Morgan fingerprint density at radius 3 is 3.00 bits per heavy atom. The van der Waals surface area contributed by atoms with Crippen LogP contribution in [0.15, 0.2) is 42.0 Å². The molecule has 3 nitrogen and oxygen atoms in total. The maximum absolute atomic E-state index is 6.47. The van der Waals surface area contributed by atoms with Gasteiger partial charge in [0.25, 0.3) is 0 Å². The summed E-state index contributed by atoms with van der Waals surface area (Å²) in [6.45, 7) is 3.37. The zero-order valence-electron chi connectivity index (χ0n) is 12.5. The molecule has 1 aromatic rings. The van der Waals surface area contributed by atoms with Gasteiger partial charge in [-0.1, -0.05) is 36.4 Å². The average Bonchev–Trinajstić information content (AvgIpc) is 2.97. The van der Waals surface area contributed by atoms with Gasteiger partial charge in [-0.05, 0) is 37.3 Å². The molecule has 2 aliphatic heterocycles. The third-order valence-corrected chi connectivity index (χ3v) is 4.99. The van der Waals surface area contributed by atoms with Crippen LogP contribution < -0.4 is 0 Å². The minimum atomic E-state index is -0.544. The lowest BCUT2D eigenvalue weighted by Gasteiger charge is -2.34. The van der Waals surface area contributed by atoms with Gasteiger partial charge < -0.3 is 14.2 Å². The van der Waals surface area contributed by atoms with Crippen LogP contribution in [0.4, 0.5) is 0 Å². The topological polar surface area (TPSA) is 27.7 Å². The Balaban J connectivity index is 1.50. The summed E-state index contributed by atoms with van der Waals surface area (Å²) >= 11 is 0. The molecule has 3 atom stereocenters. The highest BCUT2D eigenvalue weighted by Gasteiger charge is 2.60. The molecule has 0 saturated carbocycles. The zero-order chi connectivity index (χ0) is 14.3. The van der Waals surface area contributed by atoms with Crippen LogP contribution in [-0.2, 0) is 20.8 Å². The summed E-state index contributed by atoms with van der Waals surface area (Å²) in [6, 6.07) is 10.3. The van der Waals surface area contributed by atoms with Crippen molar-refractivity contribution in [2.45, 2.75) is 56.7 Å². The fourth-order valence-electron chi connectivity index (χ4n) is 3.92. The molecule has 21 heavy (non-hydrogen) atoms. The number of rotatable bonds is 3. The van der Waals surface area contributed by atoms with Crippen LogP contribution in [0.5, 0.6) is 0 Å². The maximum atomic E-state index is 6.47. The maximum Gasteiger partial charge on any atom is 0.169 e. The van der Waals surface area contributed by atoms with Gasteiger partial charge in [0.05, 0.1) is 19.3 Å². The second-order valence-electron chi connectivity index (χ2n) is 6.52. The van der Waals surface area contributed by atoms with Crippen LogP contribution in [-0.4, -0.2) is 24.1 Å². The van der Waals surface area contributed by atoms with Gasteiger partial charge in [0, 0.05) is 6.42 Å². The van der Waals surface area contributed by atoms with E-state index in [1.54, 1.807) is 0 Å². The van der Waals surface area contributed by atoms with Gasteiger partial charge in [-0.3, -0.25) is 0 Å². The van der Waals surface area contributed by atoms with Crippen molar-refractivity contribution in [1.82, 2.24) is 0 Å². The molecule has 2 heterocycles. The highest BCUT2D eigenvalue weighted by Crippen LogP contribution is 2.52. The Bertz CT molecular complexity index is 553. The molecule has 3 aliphatic rings. The molecule has 4 rings (SSSR count). The zero-order valence-corrected chi connectivity index (χ0v) is 12.5. The number of ether oxygens (including phenoxy) is 3. The third kappa shape index (κ3) is 2.24. The van der Waals surface area contributed by atoms with Gasteiger partial charge in [0.1, 0.15) is 5.60 Å². The first kappa shape index (κ1) is 13.5. The molecule has 0 N–H and O–H groups in total. The SMILES string of the molecule is C[C@]1(OCc2ccccc2)C[C@@H]2OCC3=CCCC[C@]32O1. The average molecular weight is 286 g/mol. The van der Waals surface area contributed by atoms with E-state index in [0.29, 0.717) is 6.61 Å². The normalized spacial score (nSPS) is 38.0. The van der Waals surface area contributed by atoms with Crippen LogP contribution in [0, 0.1) is 0 Å². The second-order valence-corrected chi connectivity index (χ2v) is 6.52. The van der Waals surface area contributed by atoms with E-state index in [-0.39, 0.29) is 11.7 Å². The first-order valence-corrected chi connectivity index (χ1v) is 7.89. The van der Waals surface area contributed by atoms with Gasteiger partial charge in [-0.15, -0.1) is 0 Å². The van der Waals surface area contributed by atoms with Crippen molar-refractivity contribution >= 4 is 0 Å². The predicted molar refractivity (Wildman–Crippen MR) is 79.7 cm³/mol. The van der Waals surface area contributed by atoms with Crippen molar-refractivity contribution in [3.8, 4) is 0 Å². The quantitative estimate of drug-likeness (QED) is 0.795. The van der Waals surface area contributed by atoms with E-state index in [4.69, 9.17) is 14.2 Å². The summed E-state index contributed by atoms with van der Waals surface area (Å²) in [5.74, 6) is -0.544. The Hall–Kier alpha value is -1.16. The summed E-state index contributed by atoms with van der Waals surface area (Å²) < 4.78 is 18.6. The van der Waals surface area contributed by atoms with Crippen LogP contribution in [0.3, 0.4) is 0 Å². The molecular formula is C18H22O3. The van der Waals surface area contributed by atoms with Crippen LogP contribution >= 0.6 is 0 Å². The van der Waals surface area contributed by atoms with E-state index < -0.39 is 5.79 Å². The fourth-order valence-corrected chi connectivity index (χ4v) is 3.92. The molecule has 0 amide bonds. The molecule has 0 radical (unpaired) electrons. The van der Waals surface area contributed by atoms with E-state index in [1.165, 1.54) is 17.6 Å². The first-order valence-electron chi connectivity index (χ1n) is 7.89. The largest absolute Gasteiger partial charge is 0.370 e. The van der Waals surface area contributed by atoms with E-state index in [0.717, 1.165) is 25.9 Å². The van der Waals surface area contributed by atoms with Gasteiger partial charge in [-0.2, -0.15) is 0 Å². The molecule has 0 bridgehead atoms. The van der Waals surface area contributed by atoms with Gasteiger partial charge in [0.15, 0.2) is 5.79 Å². The molecule has 112 valence electrons. The Labute approximate surface area is 125 Å². The minimum absolute atomic E-state index is 0.157. The van der Waals surface area contributed by atoms with Gasteiger partial charge in [-0.25, -0.2) is 0 Å². The lowest BCUT2D eigenvalue weighted by molar-refractivity contribution is -0.240. The van der Waals surface area contributed by atoms with E-state index in [2.05, 4.69) is 25.1 Å². The lowest BCUT2D eigenvalue weighted by atomic mass is 9.81. The highest BCUT2D eigenvalue weighted by atomic mass is 16.7. The molecule has 3 heteroatoms. The molecule has 0 aromatic heterocycles. The summed E-state index contributed by atoms with van der Waals surface area (Å²) in [5, 5.41) is 0. The van der Waals surface area contributed by atoms with Gasteiger partial charge in [0.2, 0.25) is 0 Å². The first-order chi connectivity index (χ1) is 10.2.